The van der Waals surface area contributed by atoms with Gasteiger partial charge in [0.15, 0.2) is 0 Å². The molecule has 0 aromatic rings. The Morgan fingerprint density at radius 1 is 1.41 bits per heavy atom. The molecule has 1 amide bonds. The molecule has 0 spiro atoms. The molecule has 2 N–H and O–H groups in total. The van der Waals surface area contributed by atoms with E-state index >= 15 is 0 Å². The minimum Gasteiger partial charge on any atom is -0.393 e. The number of hydrogen-bond donors (Lipinski definition) is 2. The third-order valence-corrected chi connectivity index (χ3v) is 2.86. The number of amides is 1. The lowest BCUT2D eigenvalue weighted by Gasteiger charge is -2.26. The Kier molecular flexibility index (Phi) is 6.47. The standard InChI is InChI=1S/C12H24N2O3/c1-10(7-11(2)15)8-13-12(16)9-14-3-5-17-6-4-14/h10-11,15H,3-9H2,1-2H3,(H,13,16). The largest absolute Gasteiger partial charge is 0.393 e. The van der Waals surface area contributed by atoms with Gasteiger partial charge in [-0.1, -0.05) is 6.92 Å². The lowest BCUT2D eigenvalue weighted by molar-refractivity contribution is -0.123. The van der Waals surface area contributed by atoms with E-state index in [0.717, 1.165) is 19.5 Å². The number of carbonyl (C=O) groups is 1. The summed E-state index contributed by atoms with van der Waals surface area (Å²) >= 11 is 0. The minimum atomic E-state index is -0.304. The third-order valence-electron chi connectivity index (χ3n) is 2.86. The van der Waals surface area contributed by atoms with Crippen LogP contribution in [0.1, 0.15) is 20.3 Å². The Balaban J connectivity index is 2.11. The van der Waals surface area contributed by atoms with Gasteiger partial charge in [-0.05, 0) is 19.3 Å². The van der Waals surface area contributed by atoms with Crippen LogP contribution in [-0.4, -0.2) is 61.4 Å². The summed E-state index contributed by atoms with van der Waals surface area (Å²) in [6.07, 6.45) is 0.416. The molecule has 5 nitrogen and oxygen atoms in total. The van der Waals surface area contributed by atoms with Crippen LogP contribution < -0.4 is 5.32 Å². The molecular formula is C12H24N2O3. The summed E-state index contributed by atoms with van der Waals surface area (Å²) in [6, 6.07) is 0. The molecule has 1 aliphatic heterocycles. The Morgan fingerprint density at radius 3 is 2.65 bits per heavy atom. The van der Waals surface area contributed by atoms with Gasteiger partial charge in [0.05, 0.1) is 25.9 Å². The Morgan fingerprint density at radius 2 is 2.06 bits per heavy atom. The zero-order valence-electron chi connectivity index (χ0n) is 10.8. The van der Waals surface area contributed by atoms with Crippen LogP contribution in [0.5, 0.6) is 0 Å². The fourth-order valence-electron chi connectivity index (χ4n) is 1.97. The molecule has 0 aliphatic carbocycles. The van der Waals surface area contributed by atoms with Crippen molar-refractivity contribution in [3.8, 4) is 0 Å². The van der Waals surface area contributed by atoms with Crippen LogP contribution in [0, 0.1) is 5.92 Å². The minimum absolute atomic E-state index is 0.0596. The zero-order valence-corrected chi connectivity index (χ0v) is 10.8. The van der Waals surface area contributed by atoms with Crippen molar-refractivity contribution in [2.45, 2.75) is 26.4 Å². The van der Waals surface area contributed by atoms with Crippen molar-refractivity contribution in [2.75, 3.05) is 39.4 Å². The molecule has 0 aromatic heterocycles. The van der Waals surface area contributed by atoms with Crippen LogP contribution in [-0.2, 0) is 9.53 Å². The lowest BCUT2D eigenvalue weighted by atomic mass is 10.0. The van der Waals surface area contributed by atoms with Crippen molar-refractivity contribution >= 4 is 5.91 Å². The number of aliphatic hydroxyl groups is 1. The van der Waals surface area contributed by atoms with Crippen LogP contribution in [0.4, 0.5) is 0 Å². The van der Waals surface area contributed by atoms with Crippen molar-refractivity contribution in [1.82, 2.24) is 10.2 Å². The quantitative estimate of drug-likeness (QED) is 0.682. The van der Waals surface area contributed by atoms with Gasteiger partial charge in [0.25, 0.3) is 0 Å². The molecule has 2 atom stereocenters. The first-order valence-corrected chi connectivity index (χ1v) is 6.32. The van der Waals surface area contributed by atoms with Crippen molar-refractivity contribution in [3.63, 3.8) is 0 Å². The number of rotatable bonds is 6. The molecule has 100 valence electrons. The van der Waals surface area contributed by atoms with E-state index in [4.69, 9.17) is 4.74 Å². The first-order chi connectivity index (χ1) is 8.08. The highest BCUT2D eigenvalue weighted by atomic mass is 16.5. The topological polar surface area (TPSA) is 61.8 Å². The summed E-state index contributed by atoms with van der Waals surface area (Å²) in [5.41, 5.74) is 0. The van der Waals surface area contributed by atoms with Gasteiger partial charge < -0.3 is 15.2 Å². The van der Waals surface area contributed by atoms with E-state index in [1.54, 1.807) is 6.92 Å². The monoisotopic (exact) mass is 244 g/mol. The maximum absolute atomic E-state index is 11.6. The first kappa shape index (κ1) is 14.4. The van der Waals surface area contributed by atoms with E-state index in [9.17, 15) is 9.90 Å². The maximum Gasteiger partial charge on any atom is 0.234 e. The van der Waals surface area contributed by atoms with Crippen LogP contribution in [0.25, 0.3) is 0 Å². The van der Waals surface area contributed by atoms with Crippen molar-refractivity contribution in [1.29, 1.82) is 0 Å². The zero-order chi connectivity index (χ0) is 12.7. The second-order valence-corrected chi connectivity index (χ2v) is 4.88. The number of nitrogens with one attached hydrogen (secondary N) is 1. The summed E-state index contributed by atoms with van der Waals surface area (Å²) < 4.78 is 5.22. The van der Waals surface area contributed by atoms with Crippen LogP contribution >= 0.6 is 0 Å². The van der Waals surface area contributed by atoms with E-state index in [1.165, 1.54) is 0 Å². The Hall–Kier alpha value is -0.650. The van der Waals surface area contributed by atoms with Gasteiger partial charge in [0.1, 0.15) is 0 Å². The molecule has 0 radical (unpaired) electrons. The van der Waals surface area contributed by atoms with Gasteiger partial charge in [-0.15, -0.1) is 0 Å². The average Bonchev–Trinajstić information content (AvgIpc) is 2.27. The predicted octanol–water partition coefficient (Wildman–Crippen LogP) is -0.158. The van der Waals surface area contributed by atoms with E-state index < -0.39 is 0 Å². The number of hydrogen-bond acceptors (Lipinski definition) is 4. The number of ether oxygens (including phenoxy) is 1. The molecule has 1 rings (SSSR count). The molecule has 1 aliphatic rings. The van der Waals surface area contributed by atoms with Crippen LogP contribution in [0.2, 0.25) is 0 Å². The number of morpholine rings is 1. The Bertz CT molecular complexity index is 228. The summed E-state index contributed by atoms with van der Waals surface area (Å²) in [5.74, 6) is 0.369. The highest BCUT2D eigenvalue weighted by molar-refractivity contribution is 5.78. The second-order valence-electron chi connectivity index (χ2n) is 4.88. The third kappa shape index (κ3) is 6.61. The fraction of sp³-hybridized carbons (Fsp3) is 0.917. The maximum atomic E-state index is 11.6. The Labute approximate surface area is 103 Å². The lowest BCUT2D eigenvalue weighted by Crippen LogP contribution is -2.44. The molecule has 17 heavy (non-hydrogen) atoms. The highest BCUT2D eigenvalue weighted by Gasteiger charge is 2.14. The van der Waals surface area contributed by atoms with E-state index in [1.807, 2.05) is 6.92 Å². The SMILES string of the molecule is CC(O)CC(C)CNC(=O)CN1CCOCC1. The molecular weight excluding hydrogens is 220 g/mol. The first-order valence-electron chi connectivity index (χ1n) is 6.32. The van der Waals surface area contributed by atoms with Gasteiger partial charge >= 0.3 is 0 Å². The van der Waals surface area contributed by atoms with E-state index in [-0.39, 0.29) is 12.0 Å². The van der Waals surface area contributed by atoms with Crippen LogP contribution in [0.15, 0.2) is 0 Å². The molecule has 1 fully saturated rings. The second kappa shape index (κ2) is 7.63. The molecule has 1 heterocycles. The van der Waals surface area contributed by atoms with Gasteiger partial charge in [-0.3, -0.25) is 9.69 Å². The van der Waals surface area contributed by atoms with Crippen molar-refractivity contribution < 1.29 is 14.6 Å². The number of nitrogens with zero attached hydrogens (tertiary/aromatic N) is 1. The summed E-state index contributed by atoms with van der Waals surface area (Å²) in [6.45, 7) is 7.97. The molecule has 2 unspecified atom stereocenters. The number of carbonyl (C=O) groups excluding carboxylic acids is 1. The molecule has 0 aromatic carbocycles. The highest BCUT2D eigenvalue weighted by Crippen LogP contribution is 2.04. The molecule has 0 bridgehead atoms. The normalized spacial score (nSPS) is 20.9. The number of aliphatic hydroxyl groups excluding tert-OH is 1. The summed E-state index contributed by atoms with van der Waals surface area (Å²) in [4.78, 5) is 13.7. The average molecular weight is 244 g/mol. The van der Waals surface area contributed by atoms with Crippen molar-refractivity contribution in [3.05, 3.63) is 0 Å². The summed E-state index contributed by atoms with van der Waals surface area (Å²) in [7, 11) is 0. The van der Waals surface area contributed by atoms with Crippen molar-refractivity contribution in [2.24, 2.45) is 5.92 Å². The molecule has 1 saturated heterocycles. The molecule has 0 saturated carbocycles. The van der Waals surface area contributed by atoms with Gasteiger partial charge in [0, 0.05) is 19.6 Å². The van der Waals surface area contributed by atoms with Gasteiger partial charge in [-0.25, -0.2) is 0 Å². The van der Waals surface area contributed by atoms with Crippen LogP contribution in [0.3, 0.4) is 0 Å². The smallest absolute Gasteiger partial charge is 0.234 e. The predicted molar refractivity (Wildman–Crippen MR) is 65.7 cm³/mol. The van der Waals surface area contributed by atoms with E-state index in [2.05, 4.69) is 10.2 Å². The molecule has 5 heteroatoms. The van der Waals surface area contributed by atoms with Gasteiger partial charge in [-0.2, -0.15) is 0 Å². The summed E-state index contributed by atoms with van der Waals surface area (Å²) in [5, 5.41) is 12.1. The fourth-order valence-corrected chi connectivity index (χ4v) is 1.97. The van der Waals surface area contributed by atoms with Gasteiger partial charge in [0.2, 0.25) is 5.91 Å². The van der Waals surface area contributed by atoms with E-state index in [0.29, 0.717) is 32.2 Å².